The SMILES string of the molecule is CC(C)C[C@H](NC(=O)[C@@H](N)CO)C(=O)N[C@@H](CO)C(=O)N[C@@H](CC(C)C)C(=O)N1CCC[C@H]1C(=O)N1CCC[C@H]1C(=O)N[C@@H](Cc1ccc(O)cc1)C(=O)N[C@@H](CC(=O)O)C(=O)N[C@@H](CCCN=C(N)N)C(=O)O. The molecule has 2 heterocycles. The predicted octanol–water partition coefficient (Wildman–Crippen LogP) is -4.16. The number of guanidine groups is 1. The molecule has 0 spiro atoms. The summed E-state index contributed by atoms with van der Waals surface area (Å²) in [5, 5.41) is 63.5. The van der Waals surface area contributed by atoms with Crippen LogP contribution in [0, 0.1) is 11.8 Å². The molecule has 27 heteroatoms. The minimum absolute atomic E-state index is 0.0291. The first kappa shape index (κ1) is 61.2. The molecule has 2 fully saturated rings. The van der Waals surface area contributed by atoms with E-state index in [0.29, 0.717) is 18.4 Å². The van der Waals surface area contributed by atoms with E-state index in [1.54, 1.807) is 27.7 Å². The number of likely N-dealkylation sites (tertiary alicyclic amines) is 2. The maximum absolute atomic E-state index is 14.5. The van der Waals surface area contributed by atoms with E-state index in [0.717, 1.165) is 0 Å². The summed E-state index contributed by atoms with van der Waals surface area (Å²) in [4.78, 5) is 140. The summed E-state index contributed by atoms with van der Waals surface area (Å²) < 4.78 is 0. The van der Waals surface area contributed by atoms with E-state index in [4.69, 9.17) is 17.2 Å². The van der Waals surface area contributed by atoms with Crippen LogP contribution in [0.15, 0.2) is 29.3 Å². The molecule has 17 N–H and O–H groups in total. The number of hydrogen-bond donors (Lipinski definition) is 14. The minimum Gasteiger partial charge on any atom is -0.508 e. The second-order valence-corrected chi connectivity index (χ2v) is 19.2. The zero-order chi connectivity index (χ0) is 55.4. The van der Waals surface area contributed by atoms with Crippen LogP contribution in [-0.2, 0) is 54.4 Å². The average Bonchev–Trinajstić information content (AvgIpc) is 4.04. The van der Waals surface area contributed by atoms with Crippen LogP contribution in [0.5, 0.6) is 5.75 Å². The van der Waals surface area contributed by atoms with Crippen LogP contribution in [-0.4, -0.2) is 188 Å². The predicted molar refractivity (Wildman–Crippen MR) is 264 cm³/mol. The number of aliphatic carboxylic acids is 2. The van der Waals surface area contributed by atoms with Crippen LogP contribution in [0.3, 0.4) is 0 Å². The van der Waals surface area contributed by atoms with Gasteiger partial charge in [-0.1, -0.05) is 39.8 Å². The number of carboxylic acid groups (broad SMARTS) is 2. The van der Waals surface area contributed by atoms with Gasteiger partial charge in [0, 0.05) is 26.1 Å². The number of phenolic OH excluding ortho intramolecular Hbond substituents is 1. The van der Waals surface area contributed by atoms with E-state index in [9.17, 15) is 73.5 Å². The molecule has 8 amide bonds. The van der Waals surface area contributed by atoms with Crippen molar-refractivity contribution in [1.29, 1.82) is 0 Å². The van der Waals surface area contributed by atoms with Crippen molar-refractivity contribution in [2.45, 2.75) is 146 Å². The zero-order valence-electron chi connectivity index (χ0n) is 42.2. The Morgan fingerprint density at radius 1 is 0.649 bits per heavy atom. The zero-order valence-corrected chi connectivity index (χ0v) is 42.2. The van der Waals surface area contributed by atoms with Crippen molar-refractivity contribution in [2.75, 3.05) is 32.8 Å². The van der Waals surface area contributed by atoms with Crippen molar-refractivity contribution in [3.63, 3.8) is 0 Å². The first-order valence-electron chi connectivity index (χ1n) is 24.5. The number of rotatable bonds is 29. The monoisotopic (exact) mass is 1050 g/mol. The number of carboxylic acids is 2. The van der Waals surface area contributed by atoms with Crippen LogP contribution in [0.25, 0.3) is 0 Å². The maximum Gasteiger partial charge on any atom is 0.326 e. The van der Waals surface area contributed by atoms with E-state index in [-0.39, 0.29) is 88.1 Å². The van der Waals surface area contributed by atoms with Gasteiger partial charge in [0.05, 0.1) is 19.6 Å². The van der Waals surface area contributed by atoms with Crippen molar-refractivity contribution in [3.8, 4) is 5.75 Å². The Morgan fingerprint density at radius 2 is 1.16 bits per heavy atom. The lowest BCUT2D eigenvalue weighted by atomic mass is 10.0. The number of aromatic hydroxyl groups is 1. The average molecular weight is 1050 g/mol. The molecular formula is C47H74N12O15. The highest BCUT2D eigenvalue weighted by Gasteiger charge is 2.45. The number of nitrogens with zero attached hydrogens (tertiary/aromatic N) is 3. The molecule has 1 aromatic rings. The van der Waals surface area contributed by atoms with E-state index in [2.05, 4.69) is 36.9 Å². The summed E-state index contributed by atoms with van der Waals surface area (Å²) in [5.74, 6) is -10.4. The van der Waals surface area contributed by atoms with Crippen LogP contribution in [0.4, 0.5) is 0 Å². The number of hydrogen-bond acceptors (Lipinski definition) is 15. The molecule has 2 aliphatic rings. The van der Waals surface area contributed by atoms with Crippen LogP contribution in [0.1, 0.15) is 91.0 Å². The third kappa shape index (κ3) is 19.0. The van der Waals surface area contributed by atoms with Gasteiger partial charge in [-0.15, -0.1) is 0 Å². The fourth-order valence-corrected chi connectivity index (χ4v) is 8.51. The van der Waals surface area contributed by atoms with Crippen molar-refractivity contribution < 1.29 is 73.5 Å². The van der Waals surface area contributed by atoms with Gasteiger partial charge in [-0.05, 0) is 80.9 Å². The number of aliphatic imine (C=N–C) groups is 1. The van der Waals surface area contributed by atoms with Gasteiger partial charge >= 0.3 is 11.9 Å². The van der Waals surface area contributed by atoms with Gasteiger partial charge in [-0.3, -0.25) is 48.1 Å². The number of carbonyl (C=O) groups is 10. The van der Waals surface area contributed by atoms with Gasteiger partial charge in [-0.25, -0.2) is 4.79 Å². The largest absolute Gasteiger partial charge is 0.508 e. The molecule has 1 aromatic carbocycles. The third-order valence-electron chi connectivity index (χ3n) is 12.3. The highest BCUT2D eigenvalue weighted by molar-refractivity contribution is 5.99. The first-order valence-corrected chi connectivity index (χ1v) is 24.5. The highest BCUT2D eigenvalue weighted by atomic mass is 16.4. The molecule has 0 saturated carbocycles. The fourth-order valence-electron chi connectivity index (χ4n) is 8.51. The molecular weight excluding hydrogens is 973 g/mol. The van der Waals surface area contributed by atoms with E-state index < -0.39 is 133 Å². The number of aliphatic hydroxyl groups is 2. The summed E-state index contributed by atoms with van der Waals surface area (Å²) >= 11 is 0. The van der Waals surface area contributed by atoms with E-state index in [1.165, 1.54) is 34.1 Å². The van der Waals surface area contributed by atoms with Crippen molar-refractivity contribution in [2.24, 2.45) is 34.0 Å². The Labute approximate surface area is 428 Å². The molecule has 0 bridgehead atoms. The van der Waals surface area contributed by atoms with Gasteiger partial charge in [0.1, 0.15) is 60.1 Å². The molecule has 74 heavy (non-hydrogen) atoms. The van der Waals surface area contributed by atoms with Crippen LogP contribution in [0.2, 0.25) is 0 Å². The van der Waals surface area contributed by atoms with Gasteiger partial charge < -0.3 is 84.4 Å². The van der Waals surface area contributed by atoms with Crippen LogP contribution >= 0.6 is 0 Å². The summed E-state index contributed by atoms with van der Waals surface area (Å²) in [7, 11) is 0. The number of amides is 8. The number of phenols is 1. The third-order valence-corrected chi connectivity index (χ3v) is 12.3. The second kappa shape index (κ2) is 29.5. The second-order valence-electron chi connectivity index (χ2n) is 19.2. The lowest BCUT2D eigenvalue weighted by Gasteiger charge is -2.34. The van der Waals surface area contributed by atoms with Crippen molar-refractivity contribution >= 4 is 65.2 Å². The maximum atomic E-state index is 14.5. The fraction of sp³-hybridized carbons (Fsp3) is 0.638. The Balaban J connectivity index is 1.83. The number of nitrogens with one attached hydrogen (secondary N) is 6. The Kier molecular flexibility index (Phi) is 24.4. The van der Waals surface area contributed by atoms with Gasteiger partial charge in [0.25, 0.3) is 0 Å². The summed E-state index contributed by atoms with van der Waals surface area (Å²) in [6.45, 7) is 5.77. The molecule has 0 radical (unpaired) electrons. The molecule has 3 rings (SSSR count). The molecule has 2 saturated heterocycles. The summed E-state index contributed by atoms with van der Waals surface area (Å²) in [5.41, 5.74) is 16.6. The summed E-state index contributed by atoms with van der Waals surface area (Å²) in [6.07, 6.45) is -0.0689. The lowest BCUT2D eigenvalue weighted by molar-refractivity contribution is -0.148. The quantitative estimate of drug-likeness (QED) is 0.0206. The number of benzene rings is 1. The molecule has 2 aliphatic heterocycles. The number of aliphatic hydroxyl groups excluding tert-OH is 2. The normalized spacial score (nSPS) is 18.2. The Bertz CT molecular complexity index is 2170. The summed E-state index contributed by atoms with van der Waals surface area (Å²) in [6, 6.07) is -6.92. The minimum atomic E-state index is -1.83. The van der Waals surface area contributed by atoms with Gasteiger partial charge in [0.2, 0.25) is 47.3 Å². The standard InChI is InChI=1S/C47H74N12O15/c1-24(2)18-30(53-38(65)28(48)22-60)39(66)57-34(23-61)42(69)56-33(19-25(3)4)44(71)59-17-7-10-36(59)45(72)58-16-6-9-35(58)43(70)55-31(20-26-11-13-27(62)14-12-26)40(67)54-32(21-37(63)64)41(68)52-29(46(73)74)8-5-15-51-47(49)50/h11-14,24-25,28-36,60-62H,5-10,15-23,48H2,1-4H3,(H,52,68)(H,53,65)(H,54,67)(H,55,70)(H,56,69)(H,57,66)(H,63,64)(H,73,74)(H4,49,50,51)/t28-,29-,30-,31-,32-,33-,34-,35-,36-/m0/s1. The molecule has 0 unspecified atom stereocenters. The van der Waals surface area contributed by atoms with Crippen molar-refractivity contribution in [3.05, 3.63) is 29.8 Å². The van der Waals surface area contributed by atoms with Gasteiger partial charge in [0.15, 0.2) is 5.96 Å². The highest BCUT2D eigenvalue weighted by Crippen LogP contribution is 2.27. The topological polar surface area (TPSA) is 441 Å². The van der Waals surface area contributed by atoms with Crippen LogP contribution < -0.4 is 49.1 Å². The first-order chi connectivity index (χ1) is 34.9. The Hall–Kier alpha value is -7.13. The number of nitrogens with two attached hydrogens (primary N) is 3. The van der Waals surface area contributed by atoms with Gasteiger partial charge in [-0.2, -0.15) is 0 Å². The molecule has 0 aromatic heterocycles. The Morgan fingerprint density at radius 3 is 1.73 bits per heavy atom. The molecule has 0 aliphatic carbocycles. The smallest absolute Gasteiger partial charge is 0.326 e. The molecule has 27 nitrogen and oxygen atoms in total. The van der Waals surface area contributed by atoms with E-state index >= 15 is 0 Å². The van der Waals surface area contributed by atoms with Crippen molar-refractivity contribution in [1.82, 2.24) is 41.7 Å². The van der Waals surface area contributed by atoms with E-state index in [1.807, 2.05) is 0 Å². The lowest BCUT2D eigenvalue weighted by Crippen LogP contribution is -2.60. The number of carbonyl (C=O) groups excluding carboxylic acids is 8. The molecule has 412 valence electrons. The molecule has 9 atom stereocenters.